The summed E-state index contributed by atoms with van der Waals surface area (Å²) in [6, 6.07) is 14.5. The van der Waals surface area contributed by atoms with Gasteiger partial charge in [0.2, 0.25) is 5.91 Å². The van der Waals surface area contributed by atoms with Gasteiger partial charge in [0, 0.05) is 6.04 Å². The van der Waals surface area contributed by atoms with Gasteiger partial charge in [-0.05, 0) is 48.9 Å². The molecule has 28 heavy (non-hydrogen) atoms. The Morgan fingerprint density at radius 2 is 1.79 bits per heavy atom. The monoisotopic (exact) mass is 377 g/mol. The van der Waals surface area contributed by atoms with E-state index in [2.05, 4.69) is 10.6 Å². The fourth-order valence-electron chi connectivity index (χ4n) is 3.58. The molecule has 1 unspecified atom stereocenters. The first kappa shape index (κ1) is 18.2. The number of carbonyl (C=O) groups is 3. The zero-order valence-electron chi connectivity index (χ0n) is 16.0. The van der Waals surface area contributed by atoms with Crippen molar-refractivity contribution in [2.24, 2.45) is 0 Å². The highest BCUT2D eigenvalue weighted by Crippen LogP contribution is 2.36. The van der Waals surface area contributed by atoms with Crippen molar-refractivity contribution in [1.29, 1.82) is 0 Å². The summed E-state index contributed by atoms with van der Waals surface area (Å²) in [4.78, 5) is 39.5. The van der Waals surface area contributed by atoms with Crippen LogP contribution in [0.3, 0.4) is 0 Å². The maximum absolute atomic E-state index is 13.5. The van der Waals surface area contributed by atoms with E-state index in [0.29, 0.717) is 11.1 Å². The van der Waals surface area contributed by atoms with Crippen LogP contribution in [-0.2, 0) is 15.1 Å². The Morgan fingerprint density at radius 1 is 1.07 bits per heavy atom. The molecule has 0 spiro atoms. The Bertz CT molecular complexity index is 953. The molecule has 2 fully saturated rings. The zero-order chi connectivity index (χ0) is 19.9. The first-order valence-corrected chi connectivity index (χ1v) is 9.48. The number of nitrogens with one attached hydrogen (secondary N) is 2. The van der Waals surface area contributed by atoms with Crippen LogP contribution >= 0.6 is 0 Å². The van der Waals surface area contributed by atoms with E-state index in [-0.39, 0.29) is 18.5 Å². The molecular weight excluding hydrogens is 354 g/mol. The van der Waals surface area contributed by atoms with Gasteiger partial charge in [-0.3, -0.25) is 14.5 Å². The molecule has 2 aromatic carbocycles. The van der Waals surface area contributed by atoms with Crippen molar-refractivity contribution in [3.05, 3.63) is 70.8 Å². The van der Waals surface area contributed by atoms with Gasteiger partial charge < -0.3 is 10.6 Å². The predicted octanol–water partition coefficient (Wildman–Crippen LogP) is 2.38. The number of urea groups is 1. The summed E-state index contributed by atoms with van der Waals surface area (Å²) in [5, 5.41) is 5.71. The lowest BCUT2D eigenvalue weighted by atomic mass is 9.81. The van der Waals surface area contributed by atoms with Crippen LogP contribution in [0.15, 0.2) is 48.5 Å². The lowest BCUT2D eigenvalue weighted by Crippen LogP contribution is -2.46. The molecule has 2 aliphatic rings. The van der Waals surface area contributed by atoms with Crippen LogP contribution in [0.4, 0.5) is 4.79 Å². The minimum atomic E-state index is -1.34. The summed E-state index contributed by atoms with van der Waals surface area (Å²) in [7, 11) is 0. The Labute approximate surface area is 163 Å². The third-order valence-corrected chi connectivity index (χ3v) is 5.50. The van der Waals surface area contributed by atoms with E-state index >= 15 is 0 Å². The summed E-state index contributed by atoms with van der Waals surface area (Å²) < 4.78 is 0. The summed E-state index contributed by atoms with van der Waals surface area (Å²) >= 11 is 0. The topological polar surface area (TPSA) is 78.5 Å². The average Bonchev–Trinajstić information content (AvgIpc) is 3.46. The molecule has 1 saturated carbocycles. The second-order valence-corrected chi connectivity index (χ2v) is 7.58. The highest BCUT2D eigenvalue weighted by atomic mass is 16.2. The molecule has 1 aliphatic carbocycles. The quantitative estimate of drug-likeness (QED) is 0.786. The largest absolute Gasteiger partial charge is 0.352 e. The molecule has 6 nitrogen and oxygen atoms in total. The van der Waals surface area contributed by atoms with E-state index in [1.165, 1.54) is 0 Å². The van der Waals surface area contributed by atoms with Gasteiger partial charge in [0.15, 0.2) is 5.54 Å². The number of nitrogens with zero attached hydrogens (tertiary/aromatic N) is 1. The molecule has 1 saturated heterocycles. The molecule has 0 bridgehead atoms. The Kier molecular flexibility index (Phi) is 4.41. The summed E-state index contributed by atoms with van der Waals surface area (Å²) in [5.74, 6) is -0.743. The lowest BCUT2D eigenvalue weighted by Gasteiger charge is -2.28. The first-order valence-electron chi connectivity index (χ1n) is 9.48. The van der Waals surface area contributed by atoms with Crippen LogP contribution in [0, 0.1) is 13.8 Å². The molecule has 1 aliphatic heterocycles. The second kappa shape index (κ2) is 6.78. The van der Waals surface area contributed by atoms with Crippen LogP contribution in [0.25, 0.3) is 0 Å². The number of hydrogen-bond acceptors (Lipinski definition) is 3. The molecule has 4 amide bonds. The minimum absolute atomic E-state index is 0.173. The van der Waals surface area contributed by atoms with E-state index in [9.17, 15) is 14.4 Å². The number of rotatable bonds is 5. The van der Waals surface area contributed by atoms with Crippen LogP contribution in [0.2, 0.25) is 0 Å². The Hall–Kier alpha value is -3.15. The van der Waals surface area contributed by atoms with Gasteiger partial charge in [-0.15, -0.1) is 0 Å². The first-order chi connectivity index (χ1) is 13.4. The maximum Gasteiger partial charge on any atom is 0.326 e. The SMILES string of the molecule is Cc1ccc(C2(c3ccccc3)NC(=O)N(CC(=O)NC3CC3)C2=O)cc1C. The molecule has 1 atom stereocenters. The molecule has 2 aromatic rings. The standard InChI is InChI=1S/C22H23N3O3/c1-14-8-9-17(12-15(14)2)22(16-6-4-3-5-7-16)20(27)25(21(28)24-22)13-19(26)23-18-10-11-18/h3-9,12,18H,10-11,13H2,1-2H3,(H,23,26)(H,24,28). The number of benzene rings is 2. The molecular formula is C22H23N3O3. The van der Waals surface area contributed by atoms with E-state index < -0.39 is 17.5 Å². The normalized spacial score (nSPS) is 21.6. The van der Waals surface area contributed by atoms with Crippen LogP contribution in [0.1, 0.15) is 35.1 Å². The average molecular weight is 377 g/mol. The molecule has 4 rings (SSSR count). The Balaban J connectivity index is 1.75. The van der Waals surface area contributed by atoms with Gasteiger partial charge in [-0.1, -0.05) is 48.5 Å². The summed E-state index contributed by atoms with van der Waals surface area (Å²) in [5.41, 5.74) is 2.15. The predicted molar refractivity (Wildman–Crippen MR) is 105 cm³/mol. The molecule has 6 heteroatoms. The summed E-state index contributed by atoms with van der Waals surface area (Å²) in [6.45, 7) is 3.69. The lowest BCUT2D eigenvalue weighted by molar-refractivity contribution is -0.134. The smallest absolute Gasteiger partial charge is 0.326 e. The number of imide groups is 1. The van der Waals surface area contributed by atoms with Gasteiger partial charge in [-0.2, -0.15) is 0 Å². The van der Waals surface area contributed by atoms with E-state index in [1.807, 2.05) is 62.4 Å². The molecule has 1 heterocycles. The van der Waals surface area contributed by atoms with Crippen molar-refractivity contribution in [2.75, 3.05) is 6.54 Å². The van der Waals surface area contributed by atoms with Crippen LogP contribution in [-0.4, -0.2) is 35.3 Å². The van der Waals surface area contributed by atoms with Gasteiger partial charge in [-0.25, -0.2) is 4.79 Å². The van der Waals surface area contributed by atoms with Crippen molar-refractivity contribution in [2.45, 2.75) is 38.3 Å². The molecule has 0 aromatic heterocycles. The van der Waals surface area contributed by atoms with Gasteiger partial charge in [0.1, 0.15) is 6.54 Å². The molecule has 0 radical (unpaired) electrons. The van der Waals surface area contributed by atoms with E-state index in [4.69, 9.17) is 0 Å². The number of carbonyl (C=O) groups excluding carboxylic acids is 3. The fraction of sp³-hybridized carbons (Fsp3) is 0.318. The van der Waals surface area contributed by atoms with Gasteiger partial charge >= 0.3 is 6.03 Å². The van der Waals surface area contributed by atoms with Crippen LogP contribution < -0.4 is 10.6 Å². The third kappa shape index (κ3) is 3.05. The summed E-state index contributed by atoms with van der Waals surface area (Å²) in [6.07, 6.45) is 1.89. The van der Waals surface area contributed by atoms with Crippen molar-refractivity contribution in [1.82, 2.24) is 15.5 Å². The van der Waals surface area contributed by atoms with E-state index in [1.54, 1.807) is 0 Å². The maximum atomic E-state index is 13.5. The number of amides is 4. The van der Waals surface area contributed by atoms with Crippen molar-refractivity contribution in [3.8, 4) is 0 Å². The Morgan fingerprint density at radius 3 is 2.43 bits per heavy atom. The molecule has 2 N–H and O–H groups in total. The second-order valence-electron chi connectivity index (χ2n) is 7.58. The van der Waals surface area contributed by atoms with Gasteiger partial charge in [0.25, 0.3) is 5.91 Å². The number of aryl methyl sites for hydroxylation is 2. The van der Waals surface area contributed by atoms with Crippen molar-refractivity contribution in [3.63, 3.8) is 0 Å². The highest BCUT2D eigenvalue weighted by molar-refractivity contribution is 6.11. The highest BCUT2D eigenvalue weighted by Gasteiger charge is 2.54. The third-order valence-electron chi connectivity index (χ3n) is 5.50. The van der Waals surface area contributed by atoms with Gasteiger partial charge in [0.05, 0.1) is 0 Å². The van der Waals surface area contributed by atoms with Crippen LogP contribution in [0.5, 0.6) is 0 Å². The molecule has 144 valence electrons. The minimum Gasteiger partial charge on any atom is -0.352 e. The fourth-order valence-corrected chi connectivity index (χ4v) is 3.58. The van der Waals surface area contributed by atoms with E-state index in [0.717, 1.165) is 28.9 Å². The zero-order valence-corrected chi connectivity index (χ0v) is 16.0. The number of hydrogen-bond donors (Lipinski definition) is 2. The van der Waals surface area contributed by atoms with Crippen molar-refractivity contribution < 1.29 is 14.4 Å². The van der Waals surface area contributed by atoms with Crippen molar-refractivity contribution >= 4 is 17.8 Å².